The van der Waals surface area contributed by atoms with Crippen LogP contribution >= 0.6 is 0 Å². The third kappa shape index (κ3) is 5.31. The van der Waals surface area contributed by atoms with Crippen LogP contribution in [0.15, 0.2) is 12.2 Å². The molecule has 0 saturated heterocycles. The summed E-state index contributed by atoms with van der Waals surface area (Å²) in [5.74, 6) is -0.388. The molecule has 0 heterocycles. The molecule has 0 amide bonds. The van der Waals surface area contributed by atoms with Gasteiger partial charge in [0, 0.05) is 6.08 Å². The lowest BCUT2D eigenvalue weighted by atomic mass is 10.3. The van der Waals surface area contributed by atoms with Gasteiger partial charge in [-0.3, -0.25) is 0 Å². The molecule has 0 aromatic heterocycles. The fraction of sp³-hybridized carbons (Fsp3) is 0.571. The first kappa shape index (κ1) is 9.17. The van der Waals surface area contributed by atoms with Gasteiger partial charge in [0.2, 0.25) is 0 Å². The molecule has 10 heavy (non-hydrogen) atoms. The summed E-state index contributed by atoms with van der Waals surface area (Å²) in [5.41, 5.74) is 0. The molecule has 0 aromatic carbocycles. The summed E-state index contributed by atoms with van der Waals surface area (Å²) in [4.78, 5) is 10.4. The van der Waals surface area contributed by atoms with Gasteiger partial charge in [-0.2, -0.15) is 0 Å². The first-order chi connectivity index (χ1) is 4.66. The van der Waals surface area contributed by atoms with E-state index in [-0.39, 0.29) is 5.97 Å². The van der Waals surface area contributed by atoms with E-state index in [1.807, 2.05) is 0 Å². The summed E-state index contributed by atoms with van der Waals surface area (Å²) in [7, 11) is 1.31. The van der Waals surface area contributed by atoms with E-state index in [0.717, 1.165) is 0 Å². The second-order valence-corrected chi connectivity index (χ2v) is 2.01. The molecule has 3 nitrogen and oxygen atoms in total. The summed E-state index contributed by atoms with van der Waals surface area (Å²) in [6, 6.07) is 0. The average molecular weight is 144 g/mol. The molecule has 1 N–H and O–H groups in total. The van der Waals surface area contributed by atoms with Gasteiger partial charge in [-0.15, -0.1) is 0 Å². The second-order valence-electron chi connectivity index (χ2n) is 2.01. The van der Waals surface area contributed by atoms with Crippen molar-refractivity contribution < 1.29 is 14.6 Å². The highest BCUT2D eigenvalue weighted by molar-refractivity contribution is 5.81. The van der Waals surface area contributed by atoms with Gasteiger partial charge in [-0.1, -0.05) is 6.08 Å². The third-order valence-electron chi connectivity index (χ3n) is 0.932. The SMILES string of the molecule is COC(=O)C=CCC(C)O. The van der Waals surface area contributed by atoms with Gasteiger partial charge >= 0.3 is 5.97 Å². The van der Waals surface area contributed by atoms with Crippen LogP contribution in [0.4, 0.5) is 0 Å². The zero-order valence-corrected chi connectivity index (χ0v) is 6.20. The molecule has 0 fully saturated rings. The molecule has 1 unspecified atom stereocenters. The minimum absolute atomic E-state index is 0.388. The molecule has 0 saturated carbocycles. The predicted molar refractivity (Wildman–Crippen MR) is 37.5 cm³/mol. The lowest BCUT2D eigenvalue weighted by Gasteiger charge is -1.95. The largest absolute Gasteiger partial charge is 0.466 e. The van der Waals surface area contributed by atoms with E-state index in [9.17, 15) is 4.79 Å². The quantitative estimate of drug-likeness (QED) is 0.463. The first-order valence-corrected chi connectivity index (χ1v) is 3.09. The summed E-state index contributed by atoms with van der Waals surface area (Å²) < 4.78 is 4.32. The van der Waals surface area contributed by atoms with Crippen LogP contribution in [0.2, 0.25) is 0 Å². The van der Waals surface area contributed by atoms with Crippen molar-refractivity contribution in [3.8, 4) is 0 Å². The van der Waals surface area contributed by atoms with Gasteiger partial charge in [-0.05, 0) is 13.3 Å². The molecule has 0 aliphatic rings. The molecule has 0 aliphatic heterocycles. The Labute approximate surface area is 60.3 Å². The molecule has 3 heteroatoms. The maximum absolute atomic E-state index is 10.4. The Morgan fingerprint density at radius 2 is 2.40 bits per heavy atom. The average Bonchev–Trinajstić information content (AvgIpc) is 1.87. The maximum Gasteiger partial charge on any atom is 0.330 e. The number of hydrogen-bond donors (Lipinski definition) is 1. The smallest absolute Gasteiger partial charge is 0.330 e. The van der Waals surface area contributed by atoms with E-state index in [2.05, 4.69) is 4.74 Å². The Kier molecular flexibility index (Phi) is 4.58. The van der Waals surface area contributed by atoms with E-state index in [1.165, 1.54) is 13.2 Å². The fourth-order valence-electron chi connectivity index (χ4n) is 0.429. The van der Waals surface area contributed by atoms with Gasteiger partial charge in [0.25, 0.3) is 0 Å². The van der Waals surface area contributed by atoms with Gasteiger partial charge in [0.05, 0.1) is 13.2 Å². The van der Waals surface area contributed by atoms with Crippen LogP contribution in [0.1, 0.15) is 13.3 Å². The van der Waals surface area contributed by atoms with Crippen LogP contribution in [0.25, 0.3) is 0 Å². The summed E-state index contributed by atoms with van der Waals surface area (Å²) >= 11 is 0. The van der Waals surface area contributed by atoms with Crippen molar-refractivity contribution in [3.05, 3.63) is 12.2 Å². The Morgan fingerprint density at radius 1 is 1.80 bits per heavy atom. The van der Waals surface area contributed by atoms with Crippen molar-refractivity contribution >= 4 is 5.97 Å². The van der Waals surface area contributed by atoms with Gasteiger partial charge < -0.3 is 9.84 Å². The predicted octanol–water partition coefficient (Wildman–Crippen LogP) is 0.486. The van der Waals surface area contributed by atoms with E-state index in [0.29, 0.717) is 6.42 Å². The molecule has 58 valence electrons. The number of carbonyl (C=O) groups excluding carboxylic acids is 1. The lowest BCUT2D eigenvalue weighted by molar-refractivity contribution is -0.134. The van der Waals surface area contributed by atoms with Crippen molar-refractivity contribution in [2.75, 3.05) is 7.11 Å². The first-order valence-electron chi connectivity index (χ1n) is 3.09. The van der Waals surface area contributed by atoms with E-state index < -0.39 is 6.10 Å². The van der Waals surface area contributed by atoms with E-state index in [1.54, 1.807) is 13.0 Å². The minimum atomic E-state index is -0.402. The third-order valence-corrected chi connectivity index (χ3v) is 0.932. The number of ether oxygens (including phenoxy) is 1. The number of aliphatic hydroxyl groups excluding tert-OH is 1. The van der Waals surface area contributed by atoms with Crippen molar-refractivity contribution in [1.29, 1.82) is 0 Å². The number of carbonyl (C=O) groups is 1. The Hall–Kier alpha value is -0.830. The second kappa shape index (κ2) is 4.99. The van der Waals surface area contributed by atoms with Gasteiger partial charge in [-0.25, -0.2) is 4.79 Å². The van der Waals surface area contributed by atoms with Crippen LogP contribution in [0, 0.1) is 0 Å². The molecular weight excluding hydrogens is 132 g/mol. The number of rotatable bonds is 3. The summed E-state index contributed by atoms with van der Waals surface area (Å²) in [6.45, 7) is 1.65. The van der Waals surface area contributed by atoms with Crippen molar-refractivity contribution in [2.24, 2.45) is 0 Å². The topological polar surface area (TPSA) is 46.5 Å². The van der Waals surface area contributed by atoms with Crippen LogP contribution in [0.5, 0.6) is 0 Å². The molecule has 0 radical (unpaired) electrons. The van der Waals surface area contributed by atoms with Crippen LogP contribution in [0.3, 0.4) is 0 Å². The van der Waals surface area contributed by atoms with E-state index in [4.69, 9.17) is 5.11 Å². The molecule has 0 rings (SSSR count). The zero-order valence-electron chi connectivity index (χ0n) is 6.20. The number of methoxy groups -OCH3 is 1. The van der Waals surface area contributed by atoms with Crippen LogP contribution < -0.4 is 0 Å². The summed E-state index contributed by atoms with van der Waals surface area (Å²) in [5, 5.41) is 8.73. The van der Waals surface area contributed by atoms with Crippen molar-refractivity contribution in [2.45, 2.75) is 19.4 Å². The molecule has 0 bridgehead atoms. The number of aliphatic hydroxyl groups is 1. The Bertz CT molecular complexity index is 127. The van der Waals surface area contributed by atoms with Gasteiger partial charge in [0.1, 0.15) is 0 Å². The van der Waals surface area contributed by atoms with Crippen molar-refractivity contribution in [3.63, 3.8) is 0 Å². The Balaban J connectivity index is 3.46. The lowest BCUT2D eigenvalue weighted by Crippen LogP contribution is -1.98. The monoisotopic (exact) mass is 144 g/mol. The standard InChI is InChI=1S/C7H12O3/c1-6(8)4-3-5-7(9)10-2/h3,5-6,8H,4H2,1-2H3. The van der Waals surface area contributed by atoms with Crippen molar-refractivity contribution in [1.82, 2.24) is 0 Å². The normalized spacial score (nSPS) is 13.5. The Morgan fingerprint density at radius 3 is 2.80 bits per heavy atom. The zero-order chi connectivity index (χ0) is 7.98. The van der Waals surface area contributed by atoms with Crippen LogP contribution in [-0.2, 0) is 9.53 Å². The highest BCUT2D eigenvalue weighted by atomic mass is 16.5. The number of esters is 1. The molecule has 1 atom stereocenters. The molecule has 0 aromatic rings. The highest BCUT2D eigenvalue weighted by Gasteiger charge is 1.92. The summed E-state index contributed by atoms with van der Waals surface area (Å²) in [6.07, 6.45) is 2.96. The molecule has 0 aliphatic carbocycles. The minimum Gasteiger partial charge on any atom is -0.466 e. The molecular formula is C7H12O3. The fourth-order valence-corrected chi connectivity index (χ4v) is 0.429. The van der Waals surface area contributed by atoms with Gasteiger partial charge in [0.15, 0.2) is 0 Å². The highest BCUT2D eigenvalue weighted by Crippen LogP contribution is 1.90. The number of hydrogen-bond acceptors (Lipinski definition) is 3. The van der Waals surface area contributed by atoms with E-state index >= 15 is 0 Å². The van der Waals surface area contributed by atoms with Crippen LogP contribution in [-0.4, -0.2) is 24.3 Å². The molecule has 0 spiro atoms. The maximum atomic E-state index is 10.4.